The van der Waals surface area contributed by atoms with Crippen molar-refractivity contribution in [3.63, 3.8) is 0 Å². The smallest absolute Gasteiger partial charge is 0.240 e. The first-order chi connectivity index (χ1) is 11.0. The van der Waals surface area contributed by atoms with Crippen LogP contribution in [0.2, 0.25) is 0 Å². The molecule has 25 heavy (non-hydrogen) atoms. The quantitative estimate of drug-likeness (QED) is 0.593. The summed E-state index contributed by atoms with van der Waals surface area (Å²) in [5, 5.41) is -0.745. The van der Waals surface area contributed by atoms with Gasteiger partial charge in [-0.3, -0.25) is 4.72 Å². The molecule has 0 saturated heterocycles. The molecule has 1 aliphatic rings. The lowest BCUT2D eigenvalue weighted by Gasteiger charge is -2.14. The highest BCUT2D eigenvalue weighted by molar-refractivity contribution is 7.93. The highest BCUT2D eigenvalue weighted by Crippen LogP contribution is 2.31. The van der Waals surface area contributed by atoms with Crippen LogP contribution in [0.1, 0.15) is 26.7 Å². The molecule has 1 unspecified atom stereocenters. The molecular formula is C14H23ClFN3O4S2. The van der Waals surface area contributed by atoms with Crippen LogP contribution in [0.25, 0.3) is 0 Å². The van der Waals surface area contributed by atoms with Crippen molar-refractivity contribution < 1.29 is 21.2 Å². The first kappa shape index (κ1) is 22.1. The van der Waals surface area contributed by atoms with Gasteiger partial charge >= 0.3 is 0 Å². The molecule has 0 radical (unpaired) electrons. The van der Waals surface area contributed by atoms with Crippen LogP contribution in [-0.2, 0) is 20.0 Å². The van der Waals surface area contributed by atoms with Gasteiger partial charge in [-0.1, -0.05) is 0 Å². The average Bonchev–Trinajstić information content (AvgIpc) is 3.31. The summed E-state index contributed by atoms with van der Waals surface area (Å²) in [5.74, 6) is -0.633. The number of nitrogens with two attached hydrogens (primary N) is 1. The van der Waals surface area contributed by atoms with E-state index in [9.17, 15) is 21.2 Å². The van der Waals surface area contributed by atoms with Crippen LogP contribution in [0.4, 0.5) is 10.1 Å². The molecule has 7 nitrogen and oxygen atoms in total. The van der Waals surface area contributed by atoms with Gasteiger partial charge in [0, 0.05) is 12.6 Å². The highest BCUT2D eigenvalue weighted by atomic mass is 35.5. The van der Waals surface area contributed by atoms with Crippen LogP contribution in [0, 0.1) is 11.7 Å². The Balaban J connectivity index is 0.00000312. The van der Waals surface area contributed by atoms with E-state index in [-0.39, 0.29) is 35.6 Å². The van der Waals surface area contributed by atoms with Crippen molar-refractivity contribution in [2.75, 3.05) is 11.3 Å². The molecule has 1 aromatic rings. The number of nitrogens with one attached hydrogen (secondary N) is 2. The maximum Gasteiger partial charge on any atom is 0.240 e. The normalized spacial score (nSPS) is 16.4. The van der Waals surface area contributed by atoms with E-state index in [2.05, 4.69) is 9.44 Å². The number of hydrogen-bond donors (Lipinski definition) is 3. The maximum absolute atomic E-state index is 14.1. The second kappa shape index (κ2) is 8.17. The molecule has 0 bridgehead atoms. The van der Waals surface area contributed by atoms with E-state index in [4.69, 9.17) is 5.73 Å². The topological polar surface area (TPSA) is 118 Å². The first-order valence-electron chi connectivity index (χ1n) is 7.59. The van der Waals surface area contributed by atoms with Gasteiger partial charge in [0.25, 0.3) is 0 Å². The van der Waals surface area contributed by atoms with Crippen LogP contribution < -0.4 is 15.2 Å². The van der Waals surface area contributed by atoms with Crippen LogP contribution in [0.15, 0.2) is 23.1 Å². The van der Waals surface area contributed by atoms with E-state index < -0.39 is 31.1 Å². The fourth-order valence-corrected chi connectivity index (χ4v) is 3.79. The van der Waals surface area contributed by atoms with E-state index in [0.717, 1.165) is 31.0 Å². The van der Waals surface area contributed by atoms with E-state index in [1.165, 1.54) is 13.8 Å². The summed E-state index contributed by atoms with van der Waals surface area (Å²) < 4.78 is 66.4. The first-order valence-corrected chi connectivity index (χ1v) is 10.6. The Morgan fingerprint density at radius 1 is 1.24 bits per heavy atom. The second-order valence-corrected chi connectivity index (χ2v) is 10.2. The van der Waals surface area contributed by atoms with Gasteiger partial charge in [-0.2, -0.15) is 0 Å². The van der Waals surface area contributed by atoms with E-state index in [0.29, 0.717) is 5.92 Å². The minimum atomic E-state index is -3.91. The lowest BCUT2D eigenvalue weighted by molar-refractivity contribution is 0.546. The SMILES string of the molecule is CC(C)S(=O)(=O)Nc1ccc(S(=O)(=O)NCC(N)C2CC2)cc1F.Cl. The van der Waals surface area contributed by atoms with Crippen molar-refractivity contribution in [2.24, 2.45) is 11.7 Å². The van der Waals surface area contributed by atoms with Crippen LogP contribution in [0.5, 0.6) is 0 Å². The Morgan fingerprint density at radius 3 is 2.32 bits per heavy atom. The number of hydrogen-bond acceptors (Lipinski definition) is 5. The summed E-state index contributed by atoms with van der Waals surface area (Å²) in [4.78, 5) is -0.282. The third-order valence-corrected chi connectivity index (χ3v) is 7.03. The molecule has 1 saturated carbocycles. The van der Waals surface area contributed by atoms with Crippen LogP contribution in [-0.4, -0.2) is 34.7 Å². The molecule has 0 aromatic heterocycles. The lowest BCUT2D eigenvalue weighted by atomic mass is 10.2. The summed E-state index contributed by atoms with van der Waals surface area (Å²) in [6.45, 7) is 2.98. The standard InChI is InChI=1S/C14H22FN3O4S2.ClH/c1-9(2)23(19,20)18-14-6-5-11(7-12(14)15)24(21,22)17-8-13(16)10-3-4-10;/h5-7,9-10,13,17-18H,3-4,8,16H2,1-2H3;1H. The lowest BCUT2D eigenvalue weighted by Crippen LogP contribution is -2.38. The van der Waals surface area contributed by atoms with Gasteiger partial charge in [0.2, 0.25) is 20.0 Å². The van der Waals surface area contributed by atoms with Crippen molar-refractivity contribution >= 4 is 38.1 Å². The van der Waals surface area contributed by atoms with Gasteiger partial charge in [0.15, 0.2) is 0 Å². The van der Waals surface area contributed by atoms with Crippen molar-refractivity contribution in [2.45, 2.75) is 42.9 Å². The summed E-state index contributed by atoms with van der Waals surface area (Å²) in [5.41, 5.74) is 5.54. The summed E-state index contributed by atoms with van der Waals surface area (Å²) in [7, 11) is -7.63. The Bertz CT molecular complexity index is 811. The summed E-state index contributed by atoms with van der Waals surface area (Å²) >= 11 is 0. The third kappa shape index (κ3) is 5.78. The second-order valence-electron chi connectivity index (χ2n) is 6.19. The zero-order valence-electron chi connectivity index (χ0n) is 13.9. The Hall–Kier alpha value is -0.940. The number of rotatable bonds is 8. The van der Waals surface area contributed by atoms with Gasteiger partial charge in [-0.05, 0) is 50.8 Å². The zero-order valence-corrected chi connectivity index (χ0v) is 16.3. The number of anilines is 1. The fraction of sp³-hybridized carbons (Fsp3) is 0.571. The zero-order chi connectivity index (χ0) is 18.1. The van der Waals surface area contributed by atoms with E-state index >= 15 is 0 Å². The molecule has 2 rings (SSSR count). The molecular weight excluding hydrogens is 393 g/mol. The molecule has 1 aliphatic carbocycles. The Kier molecular flexibility index (Phi) is 7.22. The molecule has 1 aromatic carbocycles. The van der Waals surface area contributed by atoms with Crippen molar-refractivity contribution in [1.82, 2.24) is 4.72 Å². The minimum Gasteiger partial charge on any atom is -0.326 e. The number of benzene rings is 1. The maximum atomic E-state index is 14.1. The minimum absolute atomic E-state index is 0. The monoisotopic (exact) mass is 415 g/mol. The molecule has 0 heterocycles. The van der Waals surface area contributed by atoms with Crippen molar-refractivity contribution in [1.29, 1.82) is 0 Å². The summed E-state index contributed by atoms with van der Waals surface area (Å²) in [6, 6.07) is 2.75. The number of halogens is 2. The molecule has 4 N–H and O–H groups in total. The fourth-order valence-electron chi connectivity index (χ4n) is 2.00. The van der Waals surface area contributed by atoms with Crippen LogP contribution >= 0.6 is 12.4 Å². The highest BCUT2D eigenvalue weighted by Gasteiger charge is 2.29. The van der Waals surface area contributed by atoms with Gasteiger partial charge in [-0.25, -0.2) is 25.9 Å². The predicted octanol–water partition coefficient (Wildman–Crippen LogP) is 1.41. The third-order valence-electron chi connectivity index (χ3n) is 3.86. The van der Waals surface area contributed by atoms with Gasteiger partial charge < -0.3 is 5.73 Å². The molecule has 0 spiro atoms. The van der Waals surface area contributed by atoms with E-state index in [1.54, 1.807) is 0 Å². The van der Waals surface area contributed by atoms with Crippen LogP contribution in [0.3, 0.4) is 0 Å². The predicted molar refractivity (Wildman–Crippen MR) is 97.2 cm³/mol. The Morgan fingerprint density at radius 2 is 1.84 bits per heavy atom. The largest absolute Gasteiger partial charge is 0.326 e. The summed E-state index contributed by atoms with van der Waals surface area (Å²) in [6.07, 6.45) is 1.98. The molecule has 0 aliphatic heterocycles. The molecule has 0 amide bonds. The van der Waals surface area contributed by atoms with Gasteiger partial charge in [-0.15, -0.1) is 12.4 Å². The molecule has 1 atom stereocenters. The van der Waals surface area contributed by atoms with Crippen molar-refractivity contribution in [3.05, 3.63) is 24.0 Å². The molecule has 1 fully saturated rings. The average molecular weight is 416 g/mol. The number of sulfonamides is 2. The molecule has 11 heteroatoms. The van der Waals surface area contributed by atoms with E-state index in [1.807, 2.05) is 0 Å². The Labute approximate surface area is 154 Å². The van der Waals surface area contributed by atoms with Gasteiger partial charge in [0.05, 0.1) is 15.8 Å². The van der Waals surface area contributed by atoms with Crippen molar-refractivity contribution in [3.8, 4) is 0 Å². The molecule has 144 valence electrons. The van der Waals surface area contributed by atoms with Gasteiger partial charge in [0.1, 0.15) is 5.82 Å².